The molecule has 0 aliphatic carbocycles. The second-order valence-corrected chi connectivity index (χ2v) is 6.22. The fraction of sp³-hybridized carbons (Fsp3) is 0.263. The minimum absolute atomic E-state index is 0.0378. The number of hydrogen-bond donors (Lipinski definition) is 0. The third-order valence-electron chi connectivity index (χ3n) is 3.31. The van der Waals surface area contributed by atoms with Crippen molar-refractivity contribution in [1.82, 2.24) is 0 Å². The van der Waals surface area contributed by atoms with Gasteiger partial charge in [0.25, 0.3) is 0 Å². The topological polar surface area (TPSA) is 43.4 Å². The molecule has 2 aromatic rings. The minimum atomic E-state index is -0.483. The van der Waals surface area contributed by atoms with Crippen LogP contribution < -0.4 is 0 Å². The van der Waals surface area contributed by atoms with Crippen LogP contribution in [-0.2, 0) is 15.3 Å². The van der Waals surface area contributed by atoms with Crippen LogP contribution in [0.3, 0.4) is 0 Å². The number of carbonyl (C=O) groups is 2. The SMILES string of the molecule is CCOC(=O)[C@H](CC(=O)c1ccccc1)SCc1ccccc1. The Hall–Kier alpha value is -2.07. The van der Waals surface area contributed by atoms with Gasteiger partial charge in [-0.3, -0.25) is 9.59 Å². The molecule has 0 N–H and O–H groups in total. The monoisotopic (exact) mass is 328 g/mol. The van der Waals surface area contributed by atoms with E-state index in [1.54, 1.807) is 19.1 Å². The Morgan fingerprint density at radius 3 is 2.22 bits per heavy atom. The van der Waals surface area contributed by atoms with E-state index in [1.807, 2.05) is 48.5 Å². The summed E-state index contributed by atoms with van der Waals surface area (Å²) in [7, 11) is 0. The van der Waals surface area contributed by atoms with Gasteiger partial charge in [-0.25, -0.2) is 0 Å². The molecule has 0 spiro atoms. The van der Waals surface area contributed by atoms with Crippen LogP contribution >= 0.6 is 11.8 Å². The third-order valence-corrected chi connectivity index (χ3v) is 4.57. The van der Waals surface area contributed by atoms with Gasteiger partial charge >= 0.3 is 5.97 Å². The summed E-state index contributed by atoms with van der Waals surface area (Å²) in [5, 5.41) is -0.483. The molecular formula is C19H20O3S. The van der Waals surface area contributed by atoms with Crippen molar-refractivity contribution >= 4 is 23.5 Å². The van der Waals surface area contributed by atoms with E-state index in [0.29, 0.717) is 17.9 Å². The predicted molar refractivity (Wildman–Crippen MR) is 93.5 cm³/mol. The van der Waals surface area contributed by atoms with Crippen molar-refractivity contribution in [2.45, 2.75) is 24.3 Å². The average molecular weight is 328 g/mol. The molecule has 0 aromatic heterocycles. The quantitative estimate of drug-likeness (QED) is 0.540. The Bertz CT molecular complexity index is 626. The molecule has 23 heavy (non-hydrogen) atoms. The second-order valence-electron chi connectivity index (χ2n) is 5.03. The molecular weight excluding hydrogens is 308 g/mol. The Labute approximate surface area is 141 Å². The molecule has 0 aliphatic heterocycles. The van der Waals surface area contributed by atoms with Gasteiger partial charge in [-0.15, -0.1) is 11.8 Å². The van der Waals surface area contributed by atoms with E-state index in [2.05, 4.69) is 0 Å². The summed E-state index contributed by atoms with van der Waals surface area (Å²) in [6.07, 6.45) is 0.153. The lowest BCUT2D eigenvalue weighted by Crippen LogP contribution is -2.24. The number of esters is 1. The van der Waals surface area contributed by atoms with E-state index in [1.165, 1.54) is 11.8 Å². The van der Waals surface area contributed by atoms with Crippen LogP contribution in [-0.4, -0.2) is 23.6 Å². The van der Waals surface area contributed by atoms with E-state index >= 15 is 0 Å². The summed E-state index contributed by atoms with van der Waals surface area (Å²) in [5.74, 6) is 0.314. The van der Waals surface area contributed by atoms with Gasteiger partial charge in [0, 0.05) is 17.7 Å². The largest absolute Gasteiger partial charge is 0.465 e. The first-order valence-electron chi connectivity index (χ1n) is 7.61. The lowest BCUT2D eigenvalue weighted by molar-refractivity contribution is -0.142. The van der Waals surface area contributed by atoms with Crippen molar-refractivity contribution in [2.24, 2.45) is 0 Å². The van der Waals surface area contributed by atoms with Crippen LogP contribution in [0.25, 0.3) is 0 Å². The molecule has 4 heteroatoms. The molecule has 0 bridgehead atoms. The number of carbonyl (C=O) groups excluding carboxylic acids is 2. The van der Waals surface area contributed by atoms with Crippen LogP contribution in [0.4, 0.5) is 0 Å². The Balaban J connectivity index is 2.02. The summed E-state index contributed by atoms with van der Waals surface area (Å²) >= 11 is 1.45. The molecule has 0 amide bonds. The summed E-state index contributed by atoms with van der Waals surface area (Å²) in [6.45, 7) is 2.09. The fourth-order valence-electron chi connectivity index (χ4n) is 2.13. The van der Waals surface area contributed by atoms with Gasteiger partial charge < -0.3 is 4.74 Å². The first kappa shape index (κ1) is 17.3. The van der Waals surface area contributed by atoms with Crippen LogP contribution in [0.5, 0.6) is 0 Å². The first-order valence-corrected chi connectivity index (χ1v) is 8.66. The van der Waals surface area contributed by atoms with E-state index in [9.17, 15) is 9.59 Å². The summed E-state index contributed by atoms with van der Waals surface area (Å²) < 4.78 is 5.12. The molecule has 0 saturated carbocycles. The molecule has 120 valence electrons. The zero-order chi connectivity index (χ0) is 16.5. The first-order chi connectivity index (χ1) is 11.2. The Morgan fingerprint density at radius 1 is 1.00 bits per heavy atom. The molecule has 0 aliphatic rings. The van der Waals surface area contributed by atoms with Crippen molar-refractivity contribution in [3.8, 4) is 0 Å². The van der Waals surface area contributed by atoms with E-state index in [0.717, 1.165) is 5.56 Å². The Morgan fingerprint density at radius 2 is 1.61 bits per heavy atom. The Kier molecular flexibility index (Phi) is 6.88. The zero-order valence-electron chi connectivity index (χ0n) is 13.1. The molecule has 0 heterocycles. The van der Waals surface area contributed by atoms with E-state index in [-0.39, 0.29) is 18.2 Å². The smallest absolute Gasteiger partial charge is 0.319 e. The molecule has 2 aromatic carbocycles. The second kappa shape index (κ2) is 9.16. The number of thioether (sulfide) groups is 1. The maximum absolute atomic E-state index is 12.4. The lowest BCUT2D eigenvalue weighted by atomic mass is 10.1. The van der Waals surface area contributed by atoms with Crippen LogP contribution in [0.15, 0.2) is 60.7 Å². The molecule has 0 saturated heterocycles. The van der Waals surface area contributed by atoms with Crippen LogP contribution in [0, 0.1) is 0 Å². The number of rotatable bonds is 8. The van der Waals surface area contributed by atoms with Crippen LogP contribution in [0.2, 0.25) is 0 Å². The van der Waals surface area contributed by atoms with Gasteiger partial charge in [0.1, 0.15) is 5.25 Å². The highest BCUT2D eigenvalue weighted by Crippen LogP contribution is 2.23. The summed E-state index contributed by atoms with van der Waals surface area (Å²) in [4.78, 5) is 24.5. The molecule has 0 fully saturated rings. The lowest BCUT2D eigenvalue weighted by Gasteiger charge is -2.14. The maximum Gasteiger partial charge on any atom is 0.319 e. The van der Waals surface area contributed by atoms with Crippen molar-refractivity contribution in [3.05, 3.63) is 71.8 Å². The standard InChI is InChI=1S/C19H20O3S/c1-2-22-19(21)18(23-14-15-9-5-3-6-10-15)13-17(20)16-11-7-4-8-12-16/h3-12,18H,2,13-14H2,1H3/t18-/m0/s1. The summed E-state index contributed by atoms with van der Waals surface area (Å²) in [5.41, 5.74) is 1.75. The molecule has 1 atom stereocenters. The molecule has 3 nitrogen and oxygen atoms in total. The number of benzene rings is 2. The van der Waals surface area contributed by atoms with Gasteiger partial charge in [0.15, 0.2) is 5.78 Å². The van der Waals surface area contributed by atoms with Crippen molar-refractivity contribution in [2.75, 3.05) is 6.61 Å². The molecule has 0 radical (unpaired) electrons. The number of ether oxygens (including phenoxy) is 1. The van der Waals surface area contributed by atoms with Gasteiger partial charge in [-0.2, -0.15) is 0 Å². The third kappa shape index (κ3) is 5.57. The van der Waals surface area contributed by atoms with Gasteiger partial charge in [-0.1, -0.05) is 60.7 Å². The van der Waals surface area contributed by atoms with Crippen molar-refractivity contribution < 1.29 is 14.3 Å². The van der Waals surface area contributed by atoms with Gasteiger partial charge in [0.2, 0.25) is 0 Å². The van der Waals surface area contributed by atoms with Gasteiger partial charge in [-0.05, 0) is 12.5 Å². The fourth-order valence-corrected chi connectivity index (χ4v) is 3.19. The highest BCUT2D eigenvalue weighted by molar-refractivity contribution is 7.99. The van der Waals surface area contributed by atoms with Crippen molar-refractivity contribution in [3.63, 3.8) is 0 Å². The van der Waals surface area contributed by atoms with Crippen molar-refractivity contribution in [1.29, 1.82) is 0 Å². The van der Waals surface area contributed by atoms with Crippen LogP contribution in [0.1, 0.15) is 29.3 Å². The van der Waals surface area contributed by atoms with Gasteiger partial charge in [0.05, 0.1) is 6.61 Å². The highest BCUT2D eigenvalue weighted by Gasteiger charge is 2.24. The molecule has 2 rings (SSSR count). The number of Topliss-reactive ketones (excluding diaryl/α,β-unsaturated/α-hetero) is 1. The zero-order valence-corrected chi connectivity index (χ0v) is 13.9. The normalized spacial score (nSPS) is 11.7. The summed E-state index contributed by atoms with van der Waals surface area (Å²) in [6, 6.07) is 18.9. The average Bonchev–Trinajstić information content (AvgIpc) is 2.60. The maximum atomic E-state index is 12.4. The number of hydrogen-bond acceptors (Lipinski definition) is 4. The van der Waals surface area contributed by atoms with E-state index < -0.39 is 5.25 Å². The minimum Gasteiger partial charge on any atom is -0.465 e. The predicted octanol–water partition coefficient (Wildman–Crippen LogP) is 4.12. The number of ketones is 1. The van der Waals surface area contributed by atoms with E-state index in [4.69, 9.17) is 4.74 Å². The highest BCUT2D eigenvalue weighted by atomic mass is 32.2. The molecule has 0 unspecified atom stereocenters.